The number of likely N-dealkylation sites (tertiary alicyclic amines) is 1. The van der Waals surface area contributed by atoms with Gasteiger partial charge in [0, 0.05) is 26.2 Å². The number of nitrogens with one attached hydrogen (secondary N) is 2. The highest BCUT2D eigenvalue weighted by Gasteiger charge is 2.29. The summed E-state index contributed by atoms with van der Waals surface area (Å²) in [4.78, 5) is 29.3. The highest BCUT2D eigenvalue weighted by Crippen LogP contribution is 2.18. The summed E-state index contributed by atoms with van der Waals surface area (Å²) in [6, 6.07) is 3.63. The zero-order valence-corrected chi connectivity index (χ0v) is 14.0. The van der Waals surface area contributed by atoms with E-state index in [0.717, 1.165) is 12.1 Å². The highest BCUT2D eigenvalue weighted by molar-refractivity contribution is 5.92. The Balaban J connectivity index is 1.88. The van der Waals surface area contributed by atoms with Crippen LogP contribution in [0.15, 0.2) is 18.3 Å². The molecule has 1 aliphatic heterocycles. The molecule has 0 saturated carbocycles. The van der Waals surface area contributed by atoms with Crippen molar-refractivity contribution < 1.29 is 14.3 Å². The zero-order valence-electron chi connectivity index (χ0n) is 14.0. The molecule has 1 fully saturated rings. The second kappa shape index (κ2) is 6.85. The summed E-state index contributed by atoms with van der Waals surface area (Å²) in [6.45, 7) is 6.82. The van der Waals surface area contributed by atoms with E-state index in [1.807, 2.05) is 26.8 Å². The summed E-state index contributed by atoms with van der Waals surface area (Å²) >= 11 is 0. The first-order valence-electron chi connectivity index (χ1n) is 7.71. The van der Waals surface area contributed by atoms with Gasteiger partial charge in [0.15, 0.2) is 0 Å². The number of ether oxygens (including phenoxy) is 1. The van der Waals surface area contributed by atoms with Gasteiger partial charge in [0.2, 0.25) is 0 Å². The molecule has 1 aromatic rings. The second-order valence-corrected chi connectivity index (χ2v) is 6.57. The van der Waals surface area contributed by atoms with Crippen molar-refractivity contribution in [2.45, 2.75) is 38.8 Å². The predicted octanol–water partition coefficient (Wildman–Crippen LogP) is 1.86. The number of anilines is 1. The molecule has 0 unspecified atom stereocenters. The van der Waals surface area contributed by atoms with Gasteiger partial charge in [0.1, 0.15) is 11.3 Å². The molecule has 1 aromatic heterocycles. The van der Waals surface area contributed by atoms with Crippen molar-refractivity contribution in [1.82, 2.24) is 15.2 Å². The van der Waals surface area contributed by atoms with Crippen LogP contribution in [-0.2, 0) is 4.74 Å². The maximum Gasteiger partial charge on any atom is 0.410 e. The van der Waals surface area contributed by atoms with E-state index >= 15 is 0 Å². The van der Waals surface area contributed by atoms with E-state index in [-0.39, 0.29) is 18.0 Å². The number of nitrogens with zero attached hydrogens (tertiary/aromatic N) is 2. The number of pyridine rings is 1. The van der Waals surface area contributed by atoms with Crippen molar-refractivity contribution in [1.29, 1.82) is 0 Å². The standard InChI is InChI=1S/C16H24N4O3/c1-16(2,3)23-15(22)20-8-7-12(10-20)19-11-5-6-13(18-9-11)14(21)17-4/h5-6,9,12,19H,7-8,10H2,1-4H3,(H,17,21)/t12-/m1/s1. The van der Waals surface area contributed by atoms with Gasteiger partial charge in [-0.15, -0.1) is 0 Å². The van der Waals surface area contributed by atoms with Crippen molar-refractivity contribution in [3.63, 3.8) is 0 Å². The minimum atomic E-state index is -0.484. The van der Waals surface area contributed by atoms with E-state index in [0.29, 0.717) is 18.8 Å². The fourth-order valence-corrected chi connectivity index (χ4v) is 2.35. The summed E-state index contributed by atoms with van der Waals surface area (Å²) in [6.07, 6.45) is 2.19. The van der Waals surface area contributed by atoms with E-state index in [1.165, 1.54) is 0 Å². The van der Waals surface area contributed by atoms with E-state index in [1.54, 1.807) is 24.2 Å². The smallest absolute Gasteiger partial charge is 0.410 e. The van der Waals surface area contributed by atoms with E-state index in [9.17, 15) is 9.59 Å². The van der Waals surface area contributed by atoms with Gasteiger partial charge in [-0.3, -0.25) is 4.79 Å². The lowest BCUT2D eigenvalue weighted by molar-refractivity contribution is 0.0293. The van der Waals surface area contributed by atoms with Gasteiger partial charge in [0.25, 0.3) is 5.91 Å². The number of aromatic nitrogens is 1. The van der Waals surface area contributed by atoms with Gasteiger partial charge < -0.3 is 20.3 Å². The highest BCUT2D eigenvalue weighted by atomic mass is 16.6. The molecule has 2 N–H and O–H groups in total. The largest absolute Gasteiger partial charge is 0.444 e. The molecule has 1 saturated heterocycles. The zero-order chi connectivity index (χ0) is 17.0. The van der Waals surface area contributed by atoms with Crippen molar-refractivity contribution in [2.75, 3.05) is 25.5 Å². The number of hydrogen-bond acceptors (Lipinski definition) is 5. The van der Waals surface area contributed by atoms with Crippen LogP contribution in [0, 0.1) is 0 Å². The van der Waals surface area contributed by atoms with Gasteiger partial charge >= 0.3 is 6.09 Å². The van der Waals surface area contributed by atoms with Gasteiger partial charge in [-0.25, -0.2) is 9.78 Å². The van der Waals surface area contributed by atoms with Crippen molar-refractivity contribution in [3.05, 3.63) is 24.0 Å². The van der Waals surface area contributed by atoms with Gasteiger partial charge in [-0.05, 0) is 39.3 Å². The van der Waals surface area contributed by atoms with Crippen molar-refractivity contribution in [3.8, 4) is 0 Å². The first-order chi connectivity index (χ1) is 10.8. The third-order valence-electron chi connectivity index (χ3n) is 3.43. The summed E-state index contributed by atoms with van der Waals surface area (Å²) in [5, 5.41) is 5.86. The number of amides is 2. The summed E-state index contributed by atoms with van der Waals surface area (Å²) in [7, 11) is 1.57. The quantitative estimate of drug-likeness (QED) is 0.888. The molecule has 7 nitrogen and oxygen atoms in total. The number of carbonyl (C=O) groups excluding carboxylic acids is 2. The molecule has 23 heavy (non-hydrogen) atoms. The van der Waals surface area contributed by atoms with E-state index < -0.39 is 5.60 Å². The molecule has 126 valence electrons. The SMILES string of the molecule is CNC(=O)c1ccc(N[C@@H]2CCN(C(=O)OC(C)(C)C)C2)cn1. The molecule has 2 heterocycles. The van der Waals surface area contributed by atoms with Crippen LogP contribution < -0.4 is 10.6 Å². The maximum absolute atomic E-state index is 12.0. The van der Waals surface area contributed by atoms with Crippen LogP contribution in [-0.4, -0.2) is 53.7 Å². The molecule has 2 amide bonds. The lowest BCUT2D eigenvalue weighted by Gasteiger charge is -2.24. The number of hydrogen-bond donors (Lipinski definition) is 2. The molecule has 1 atom stereocenters. The normalized spacial score (nSPS) is 17.7. The monoisotopic (exact) mass is 320 g/mol. The van der Waals surface area contributed by atoms with Crippen LogP contribution in [0.5, 0.6) is 0 Å². The molecule has 0 radical (unpaired) electrons. The molecule has 1 aliphatic rings. The average Bonchev–Trinajstić information content (AvgIpc) is 2.94. The molecule has 0 aliphatic carbocycles. The predicted molar refractivity (Wildman–Crippen MR) is 87.5 cm³/mol. The second-order valence-electron chi connectivity index (χ2n) is 6.57. The van der Waals surface area contributed by atoms with Gasteiger partial charge in [-0.1, -0.05) is 0 Å². The van der Waals surface area contributed by atoms with Crippen LogP contribution in [0.3, 0.4) is 0 Å². The van der Waals surface area contributed by atoms with Gasteiger partial charge in [0.05, 0.1) is 11.9 Å². The fraction of sp³-hybridized carbons (Fsp3) is 0.562. The molecule has 0 aromatic carbocycles. The fourth-order valence-electron chi connectivity index (χ4n) is 2.35. The Morgan fingerprint density at radius 2 is 2.09 bits per heavy atom. The Morgan fingerprint density at radius 3 is 2.65 bits per heavy atom. The topological polar surface area (TPSA) is 83.6 Å². The Morgan fingerprint density at radius 1 is 1.35 bits per heavy atom. The summed E-state index contributed by atoms with van der Waals surface area (Å²) < 4.78 is 5.38. The molecule has 0 bridgehead atoms. The van der Waals surface area contributed by atoms with E-state index in [2.05, 4.69) is 15.6 Å². The molecule has 0 spiro atoms. The van der Waals surface area contributed by atoms with Crippen molar-refractivity contribution in [2.24, 2.45) is 0 Å². The Bertz CT molecular complexity index is 566. The lowest BCUT2D eigenvalue weighted by atomic mass is 10.2. The Labute approximate surface area is 136 Å². The van der Waals surface area contributed by atoms with Crippen LogP contribution in [0.25, 0.3) is 0 Å². The Hall–Kier alpha value is -2.31. The minimum Gasteiger partial charge on any atom is -0.444 e. The maximum atomic E-state index is 12.0. The van der Waals surface area contributed by atoms with Crippen LogP contribution in [0.1, 0.15) is 37.7 Å². The van der Waals surface area contributed by atoms with Crippen LogP contribution in [0.4, 0.5) is 10.5 Å². The molecular formula is C16H24N4O3. The lowest BCUT2D eigenvalue weighted by Crippen LogP contribution is -2.36. The van der Waals surface area contributed by atoms with Crippen LogP contribution >= 0.6 is 0 Å². The third kappa shape index (κ3) is 4.84. The van der Waals surface area contributed by atoms with E-state index in [4.69, 9.17) is 4.74 Å². The summed E-state index contributed by atoms with van der Waals surface area (Å²) in [5.41, 5.74) is 0.718. The van der Waals surface area contributed by atoms with Gasteiger partial charge in [-0.2, -0.15) is 0 Å². The third-order valence-corrected chi connectivity index (χ3v) is 3.43. The average molecular weight is 320 g/mol. The van der Waals surface area contributed by atoms with Crippen molar-refractivity contribution >= 4 is 17.7 Å². The summed E-state index contributed by atoms with van der Waals surface area (Å²) in [5.74, 6) is -0.214. The minimum absolute atomic E-state index is 0.148. The molecule has 7 heteroatoms. The number of rotatable bonds is 3. The number of carbonyl (C=O) groups is 2. The first kappa shape index (κ1) is 17.1. The van der Waals surface area contributed by atoms with Crippen LogP contribution in [0.2, 0.25) is 0 Å². The molecular weight excluding hydrogens is 296 g/mol. The Kier molecular flexibility index (Phi) is 5.08. The molecule has 2 rings (SSSR count). The first-order valence-corrected chi connectivity index (χ1v) is 7.71.